The topological polar surface area (TPSA) is 78.1 Å². The highest BCUT2D eigenvalue weighted by Crippen LogP contribution is 2.30. The zero-order chi connectivity index (χ0) is 14.8. The number of hydrogen-bond donors (Lipinski definition) is 3. The van der Waals surface area contributed by atoms with Crippen LogP contribution >= 0.6 is 0 Å². The molecule has 0 spiro atoms. The highest BCUT2D eigenvalue weighted by Gasteiger charge is 2.04. The van der Waals surface area contributed by atoms with Gasteiger partial charge >= 0.3 is 0 Å². The van der Waals surface area contributed by atoms with E-state index in [9.17, 15) is 0 Å². The van der Waals surface area contributed by atoms with E-state index < -0.39 is 0 Å². The Morgan fingerprint density at radius 2 is 0.762 bits per heavy atom. The molecule has 3 aromatic rings. The predicted octanol–water partition coefficient (Wildman–Crippen LogP) is 3.77. The van der Waals surface area contributed by atoms with E-state index in [0.29, 0.717) is 0 Å². The van der Waals surface area contributed by atoms with Gasteiger partial charge in [0.25, 0.3) is 0 Å². The van der Waals surface area contributed by atoms with Crippen LogP contribution in [-0.4, -0.2) is 0 Å². The Kier molecular flexibility index (Phi) is 3.24. The first-order valence-electron chi connectivity index (χ1n) is 6.74. The van der Waals surface area contributed by atoms with Crippen LogP contribution in [0.1, 0.15) is 0 Å². The fourth-order valence-corrected chi connectivity index (χ4v) is 2.34. The lowest BCUT2D eigenvalue weighted by Crippen LogP contribution is -1.90. The van der Waals surface area contributed by atoms with Crippen LogP contribution in [0, 0.1) is 0 Å². The van der Waals surface area contributed by atoms with Gasteiger partial charge in [0.2, 0.25) is 0 Å². The van der Waals surface area contributed by atoms with Gasteiger partial charge < -0.3 is 17.2 Å². The smallest absolute Gasteiger partial charge is 0.0326 e. The van der Waals surface area contributed by atoms with Gasteiger partial charge in [-0.1, -0.05) is 24.3 Å². The van der Waals surface area contributed by atoms with E-state index in [4.69, 9.17) is 17.2 Å². The van der Waals surface area contributed by atoms with Crippen molar-refractivity contribution in [1.82, 2.24) is 0 Å². The Balaban J connectivity index is 2.07. The summed E-state index contributed by atoms with van der Waals surface area (Å²) in [6.45, 7) is 0. The molecule has 3 aromatic carbocycles. The van der Waals surface area contributed by atoms with Gasteiger partial charge in [-0.2, -0.15) is 0 Å². The summed E-state index contributed by atoms with van der Waals surface area (Å²) >= 11 is 0. The Morgan fingerprint density at radius 3 is 1.14 bits per heavy atom. The lowest BCUT2D eigenvalue weighted by atomic mass is 9.98. The van der Waals surface area contributed by atoms with Crippen LogP contribution in [0.3, 0.4) is 0 Å². The number of anilines is 3. The molecule has 3 nitrogen and oxygen atoms in total. The summed E-state index contributed by atoms with van der Waals surface area (Å²) in [4.78, 5) is 0. The van der Waals surface area contributed by atoms with Gasteiger partial charge in [0, 0.05) is 17.1 Å². The van der Waals surface area contributed by atoms with Crippen molar-refractivity contribution in [2.75, 3.05) is 17.2 Å². The first-order chi connectivity index (χ1) is 10.1. The molecular weight excluding hydrogens is 258 g/mol. The summed E-state index contributed by atoms with van der Waals surface area (Å²) in [5, 5.41) is 0. The van der Waals surface area contributed by atoms with E-state index in [0.717, 1.165) is 39.3 Å². The molecule has 0 atom stereocenters. The summed E-state index contributed by atoms with van der Waals surface area (Å²) in [7, 11) is 0. The van der Waals surface area contributed by atoms with Crippen molar-refractivity contribution >= 4 is 17.1 Å². The molecule has 0 aliphatic heterocycles. The van der Waals surface area contributed by atoms with Crippen LogP contribution in [0.25, 0.3) is 22.3 Å². The molecule has 0 aromatic heterocycles. The normalized spacial score (nSPS) is 10.5. The lowest BCUT2D eigenvalue weighted by Gasteiger charge is -2.09. The zero-order valence-electron chi connectivity index (χ0n) is 11.6. The van der Waals surface area contributed by atoms with Crippen molar-refractivity contribution < 1.29 is 0 Å². The van der Waals surface area contributed by atoms with E-state index in [2.05, 4.69) is 6.07 Å². The Bertz CT molecular complexity index is 696. The third kappa shape index (κ3) is 2.82. The van der Waals surface area contributed by atoms with Crippen molar-refractivity contribution in [3.8, 4) is 22.3 Å². The molecular formula is C18H17N3. The average molecular weight is 275 g/mol. The van der Waals surface area contributed by atoms with E-state index in [1.165, 1.54) is 0 Å². The molecule has 0 unspecified atom stereocenters. The predicted molar refractivity (Wildman–Crippen MR) is 90.6 cm³/mol. The van der Waals surface area contributed by atoms with Gasteiger partial charge in [0.15, 0.2) is 0 Å². The van der Waals surface area contributed by atoms with Crippen LogP contribution in [0.4, 0.5) is 17.1 Å². The maximum atomic E-state index is 6.04. The second-order valence-electron chi connectivity index (χ2n) is 5.09. The van der Waals surface area contributed by atoms with Gasteiger partial charge in [-0.15, -0.1) is 0 Å². The highest BCUT2D eigenvalue weighted by molar-refractivity contribution is 5.78. The maximum absolute atomic E-state index is 6.04. The minimum absolute atomic E-state index is 0.733. The van der Waals surface area contributed by atoms with E-state index in [1.807, 2.05) is 60.7 Å². The lowest BCUT2D eigenvalue weighted by molar-refractivity contribution is 1.58. The molecule has 0 amide bonds. The summed E-state index contributed by atoms with van der Waals surface area (Å²) in [6.07, 6.45) is 0. The van der Waals surface area contributed by atoms with E-state index in [-0.39, 0.29) is 0 Å². The number of benzene rings is 3. The second kappa shape index (κ2) is 5.21. The third-order valence-corrected chi connectivity index (χ3v) is 3.44. The average Bonchev–Trinajstić information content (AvgIpc) is 2.48. The SMILES string of the molecule is Nc1ccc(-c2cc(N)cc(-c3ccc(N)cc3)c2)cc1. The molecule has 104 valence electrons. The molecule has 0 aliphatic rings. The molecule has 0 fully saturated rings. The Hall–Kier alpha value is -2.94. The number of rotatable bonds is 2. The number of nitrogens with two attached hydrogens (primary N) is 3. The van der Waals surface area contributed by atoms with Gasteiger partial charge in [0.1, 0.15) is 0 Å². The van der Waals surface area contributed by atoms with Gasteiger partial charge in [-0.05, 0) is 64.7 Å². The van der Waals surface area contributed by atoms with E-state index >= 15 is 0 Å². The van der Waals surface area contributed by atoms with Gasteiger partial charge in [-0.3, -0.25) is 0 Å². The van der Waals surface area contributed by atoms with Crippen LogP contribution in [0.2, 0.25) is 0 Å². The molecule has 0 aliphatic carbocycles. The molecule has 0 saturated heterocycles. The molecule has 0 bridgehead atoms. The van der Waals surface area contributed by atoms with Crippen molar-refractivity contribution in [1.29, 1.82) is 0 Å². The van der Waals surface area contributed by atoms with Crippen LogP contribution in [0.5, 0.6) is 0 Å². The summed E-state index contributed by atoms with van der Waals surface area (Å²) in [5.74, 6) is 0. The highest BCUT2D eigenvalue weighted by atomic mass is 14.6. The number of nitrogen functional groups attached to an aromatic ring is 3. The number of hydrogen-bond acceptors (Lipinski definition) is 3. The molecule has 21 heavy (non-hydrogen) atoms. The van der Waals surface area contributed by atoms with E-state index in [1.54, 1.807) is 0 Å². The van der Waals surface area contributed by atoms with Crippen LogP contribution < -0.4 is 17.2 Å². The van der Waals surface area contributed by atoms with Crippen molar-refractivity contribution in [2.24, 2.45) is 0 Å². The van der Waals surface area contributed by atoms with Gasteiger partial charge in [-0.25, -0.2) is 0 Å². The first kappa shape index (κ1) is 13.1. The molecule has 3 rings (SSSR count). The maximum Gasteiger partial charge on any atom is 0.0326 e. The molecule has 0 saturated carbocycles. The summed E-state index contributed by atoms with van der Waals surface area (Å²) < 4.78 is 0. The fourth-order valence-electron chi connectivity index (χ4n) is 2.34. The van der Waals surface area contributed by atoms with Gasteiger partial charge in [0.05, 0.1) is 0 Å². The zero-order valence-corrected chi connectivity index (χ0v) is 11.6. The standard InChI is InChI=1S/C18H17N3/c19-16-5-1-12(2-6-16)14-9-15(11-18(21)10-14)13-3-7-17(20)8-4-13/h1-11H,19-21H2. The fraction of sp³-hybridized carbons (Fsp3) is 0. The third-order valence-electron chi connectivity index (χ3n) is 3.44. The van der Waals surface area contributed by atoms with Crippen LogP contribution in [0.15, 0.2) is 66.7 Å². The summed E-state index contributed by atoms with van der Waals surface area (Å²) in [5.41, 5.74) is 24.1. The first-order valence-corrected chi connectivity index (χ1v) is 6.74. The molecule has 0 heterocycles. The molecule has 6 N–H and O–H groups in total. The van der Waals surface area contributed by atoms with Crippen molar-refractivity contribution in [3.05, 3.63) is 66.7 Å². The minimum atomic E-state index is 0.733. The quantitative estimate of drug-likeness (QED) is 0.623. The van der Waals surface area contributed by atoms with Crippen molar-refractivity contribution in [3.63, 3.8) is 0 Å². The van der Waals surface area contributed by atoms with Crippen LogP contribution in [-0.2, 0) is 0 Å². The van der Waals surface area contributed by atoms with Crippen molar-refractivity contribution in [2.45, 2.75) is 0 Å². The largest absolute Gasteiger partial charge is 0.399 e. The summed E-state index contributed by atoms with van der Waals surface area (Å²) in [6, 6.07) is 21.6. The molecule has 0 radical (unpaired) electrons. The minimum Gasteiger partial charge on any atom is -0.399 e. The Labute approximate surface area is 124 Å². The monoisotopic (exact) mass is 275 g/mol. The second-order valence-corrected chi connectivity index (χ2v) is 5.09. The Morgan fingerprint density at radius 1 is 0.381 bits per heavy atom. The molecule has 3 heteroatoms.